The maximum atomic E-state index is 15.0. The van der Waals surface area contributed by atoms with Gasteiger partial charge in [-0.2, -0.15) is 13.2 Å². The fourth-order valence-corrected chi connectivity index (χ4v) is 4.18. The SMILES string of the molecule is O=C(Nc1ccc(Nc2ccnc3c2C2OCCCN2C(=O)N3)c(F)c1)c1ccc(F)cc1C(F)(F)F. The largest absolute Gasteiger partial charge is 0.417 e. The highest BCUT2D eigenvalue weighted by Crippen LogP contribution is 2.40. The zero-order valence-corrected chi connectivity index (χ0v) is 18.8. The number of nitrogens with zero attached hydrogens (tertiary/aromatic N) is 2. The van der Waals surface area contributed by atoms with Crippen molar-refractivity contribution in [2.75, 3.05) is 29.1 Å². The van der Waals surface area contributed by atoms with Gasteiger partial charge in [-0.1, -0.05) is 0 Å². The number of halogens is 5. The number of fused-ring (bicyclic) bond motifs is 3. The van der Waals surface area contributed by atoms with E-state index in [-0.39, 0.29) is 29.3 Å². The summed E-state index contributed by atoms with van der Waals surface area (Å²) in [5.41, 5.74) is -1.45. The van der Waals surface area contributed by atoms with E-state index in [0.29, 0.717) is 36.9 Å². The summed E-state index contributed by atoms with van der Waals surface area (Å²) < 4.78 is 73.8. The molecule has 3 N–H and O–H groups in total. The topological polar surface area (TPSA) is 95.6 Å². The molecule has 1 fully saturated rings. The zero-order valence-electron chi connectivity index (χ0n) is 18.8. The zero-order chi connectivity index (χ0) is 26.3. The Kier molecular flexibility index (Phi) is 6.15. The predicted molar refractivity (Wildman–Crippen MR) is 122 cm³/mol. The fourth-order valence-electron chi connectivity index (χ4n) is 4.18. The molecule has 1 atom stereocenters. The molecule has 2 aliphatic rings. The molecule has 1 saturated heterocycles. The molecule has 8 nitrogen and oxygen atoms in total. The molecule has 2 aromatic carbocycles. The highest BCUT2D eigenvalue weighted by Gasteiger charge is 2.38. The lowest BCUT2D eigenvalue weighted by Gasteiger charge is -2.40. The number of rotatable bonds is 4. The summed E-state index contributed by atoms with van der Waals surface area (Å²) in [5.74, 6) is -2.88. The van der Waals surface area contributed by atoms with Crippen LogP contribution in [0.3, 0.4) is 0 Å². The Balaban J connectivity index is 1.39. The number of aromatic nitrogens is 1. The number of hydrogen-bond donors (Lipinski definition) is 3. The average Bonchev–Trinajstić information content (AvgIpc) is 2.85. The van der Waals surface area contributed by atoms with Gasteiger partial charge in [0, 0.05) is 18.4 Å². The molecule has 3 amide bonds. The fraction of sp³-hybridized carbons (Fsp3) is 0.208. The van der Waals surface area contributed by atoms with Crippen molar-refractivity contribution in [3.8, 4) is 0 Å². The summed E-state index contributed by atoms with van der Waals surface area (Å²) in [7, 11) is 0. The minimum absolute atomic E-state index is 0.0107. The number of anilines is 4. The van der Waals surface area contributed by atoms with Crippen molar-refractivity contribution in [1.29, 1.82) is 0 Å². The van der Waals surface area contributed by atoms with Crippen LogP contribution in [0.5, 0.6) is 0 Å². The Morgan fingerprint density at radius 2 is 1.92 bits per heavy atom. The van der Waals surface area contributed by atoms with Gasteiger partial charge in [-0.05, 0) is 48.9 Å². The third-order valence-electron chi connectivity index (χ3n) is 5.85. The minimum Gasteiger partial charge on any atom is -0.354 e. The first-order chi connectivity index (χ1) is 17.6. The molecule has 0 radical (unpaired) electrons. The molecule has 192 valence electrons. The van der Waals surface area contributed by atoms with E-state index in [1.807, 2.05) is 0 Å². The highest BCUT2D eigenvalue weighted by molar-refractivity contribution is 6.05. The smallest absolute Gasteiger partial charge is 0.354 e. The van der Waals surface area contributed by atoms with Crippen LogP contribution in [0.25, 0.3) is 0 Å². The van der Waals surface area contributed by atoms with E-state index in [4.69, 9.17) is 4.74 Å². The highest BCUT2D eigenvalue weighted by atomic mass is 19.4. The van der Waals surface area contributed by atoms with Crippen LogP contribution < -0.4 is 16.0 Å². The molecule has 3 heterocycles. The van der Waals surface area contributed by atoms with Crippen molar-refractivity contribution >= 4 is 34.8 Å². The van der Waals surface area contributed by atoms with Crippen molar-refractivity contribution in [3.63, 3.8) is 0 Å². The number of amides is 3. The first-order valence-corrected chi connectivity index (χ1v) is 11.0. The normalized spacial score (nSPS) is 16.9. The number of alkyl halides is 3. The third-order valence-corrected chi connectivity index (χ3v) is 5.85. The van der Waals surface area contributed by atoms with Crippen molar-refractivity contribution in [2.24, 2.45) is 0 Å². The van der Waals surface area contributed by atoms with E-state index in [9.17, 15) is 31.5 Å². The monoisotopic (exact) mass is 519 g/mol. The van der Waals surface area contributed by atoms with Gasteiger partial charge in [0.1, 0.15) is 17.5 Å². The van der Waals surface area contributed by atoms with E-state index >= 15 is 0 Å². The van der Waals surface area contributed by atoms with Crippen molar-refractivity contribution < 1.29 is 36.3 Å². The molecule has 0 saturated carbocycles. The van der Waals surface area contributed by atoms with Crippen molar-refractivity contribution in [1.82, 2.24) is 9.88 Å². The van der Waals surface area contributed by atoms with Crippen LogP contribution in [0.1, 0.15) is 34.1 Å². The molecule has 0 aliphatic carbocycles. The molecule has 1 aromatic heterocycles. The first-order valence-electron chi connectivity index (χ1n) is 11.0. The molecular weight excluding hydrogens is 501 g/mol. The number of carbonyl (C=O) groups is 2. The Morgan fingerprint density at radius 1 is 1.11 bits per heavy atom. The molecule has 1 unspecified atom stereocenters. The van der Waals surface area contributed by atoms with E-state index in [1.165, 1.54) is 23.2 Å². The molecule has 2 aliphatic heterocycles. The molecule has 5 rings (SSSR count). The quantitative estimate of drug-likeness (QED) is 0.388. The second-order valence-electron chi connectivity index (χ2n) is 8.28. The lowest BCUT2D eigenvalue weighted by Crippen LogP contribution is -2.47. The van der Waals surface area contributed by atoms with Crippen LogP contribution in [0.4, 0.5) is 49.6 Å². The first kappa shape index (κ1) is 24.4. The van der Waals surface area contributed by atoms with E-state index in [1.54, 1.807) is 6.07 Å². The molecule has 0 spiro atoms. The molecule has 3 aromatic rings. The summed E-state index contributed by atoms with van der Waals surface area (Å²) in [6, 6.07) is 6.38. The Bertz CT molecular complexity index is 1400. The lowest BCUT2D eigenvalue weighted by atomic mass is 10.1. The van der Waals surface area contributed by atoms with Gasteiger partial charge in [0.2, 0.25) is 0 Å². The van der Waals surface area contributed by atoms with Crippen LogP contribution in [-0.4, -0.2) is 35.0 Å². The Hall–Kier alpha value is -4.26. The summed E-state index contributed by atoms with van der Waals surface area (Å²) in [5, 5.41) is 7.80. The second-order valence-corrected chi connectivity index (χ2v) is 8.28. The maximum Gasteiger partial charge on any atom is 0.417 e. The Morgan fingerprint density at radius 3 is 2.68 bits per heavy atom. The van der Waals surface area contributed by atoms with Crippen molar-refractivity contribution in [2.45, 2.75) is 18.8 Å². The number of carbonyl (C=O) groups excluding carboxylic acids is 2. The van der Waals surface area contributed by atoms with Crippen LogP contribution in [-0.2, 0) is 10.9 Å². The van der Waals surface area contributed by atoms with Crippen LogP contribution >= 0.6 is 0 Å². The molecule has 37 heavy (non-hydrogen) atoms. The number of nitrogens with one attached hydrogen (secondary N) is 3. The van der Waals surface area contributed by atoms with Crippen LogP contribution in [0.15, 0.2) is 48.7 Å². The summed E-state index contributed by atoms with van der Waals surface area (Å²) in [6.07, 6.45) is -3.59. The van der Waals surface area contributed by atoms with Gasteiger partial charge in [0.05, 0.1) is 34.7 Å². The summed E-state index contributed by atoms with van der Waals surface area (Å²) >= 11 is 0. The van der Waals surface area contributed by atoms with Gasteiger partial charge in [0.25, 0.3) is 5.91 Å². The van der Waals surface area contributed by atoms with Gasteiger partial charge >= 0.3 is 12.2 Å². The number of ether oxygens (including phenoxy) is 1. The number of urea groups is 1. The van der Waals surface area contributed by atoms with Crippen molar-refractivity contribution in [3.05, 3.63) is 77.0 Å². The van der Waals surface area contributed by atoms with Gasteiger partial charge < -0.3 is 15.4 Å². The van der Waals surface area contributed by atoms with E-state index in [0.717, 1.165) is 12.1 Å². The van der Waals surface area contributed by atoms with Gasteiger partial charge in [-0.15, -0.1) is 0 Å². The third kappa shape index (κ3) is 4.77. The second kappa shape index (κ2) is 9.32. The van der Waals surface area contributed by atoms with Crippen LogP contribution in [0.2, 0.25) is 0 Å². The summed E-state index contributed by atoms with van der Waals surface area (Å²) in [6.45, 7) is 0.895. The van der Waals surface area contributed by atoms with E-state index in [2.05, 4.69) is 20.9 Å². The molecule has 13 heteroatoms. The Labute approximate surface area is 206 Å². The summed E-state index contributed by atoms with van der Waals surface area (Å²) in [4.78, 5) is 30.5. The van der Waals surface area contributed by atoms with Gasteiger partial charge in [-0.25, -0.2) is 18.6 Å². The standard InChI is InChI=1S/C24H18F5N5O3/c25-12-2-4-14(15(10-12)24(27,28)29)21(35)31-13-3-5-17(16(26)11-13)32-18-6-7-30-20-19(18)22-34(23(36)33-20)8-1-9-37-22/h2-7,10-11,22H,1,8-9H2,(H,31,35)(H2,30,32,33,36). The van der Waals surface area contributed by atoms with Gasteiger partial charge in [0.15, 0.2) is 6.23 Å². The predicted octanol–water partition coefficient (Wildman–Crippen LogP) is 5.64. The number of pyridine rings is 1. The lowest BCUT2D eigenvalue weighted by molar-refractivity contribution is -0.138. The number of hydrogen-bond acceptors (Lipinski definition) is 5. The minimum atomic E-state index is -4.96. The van der Waals surface area contributed by atoms with Crippen LogP contribution in [0, 0.1) is 11.6 Å². The van der Waals surface area contributed by atoms with Gasteiger partial charge in [-0.3, -0.25) is 15.0 Å². The molecular formula is C24H18F5N5O3. The maximum absolute atomic E-state index is 15.0. The average molecular weight is 519 g/mol. The van der Waals surface area contributed by atoms with E-state index < -0.39 is 41.1 Å². The number of benzene rings is 2. The molecule has 0 bridgehead atoms.